The zero-order valence-corrected chi connectivity index (χ0v) is 10.4. The summed E-state index contributed by atoms with van der Waals surface area (Å²) in [5, 5.41) is 14.3. The molecule has 0 saturated carbocycles. The van der Waals surface area contributed by atoms with E-state index in [0.717, 1.165) is 24.9 Å². The average molecular weight is 226 g/mol. The highest BCUT2D eigenvalue weighted by Gasteiger charge is 2.20. The highest BCUT2D eigenvalue weighted by atomic mass is 16.5. The summed E-state index contributed by atoms with van der Waals surface area (Å²) in [5.74, 6) is 0. The van der Waals surface area contributed by atoms with Crippen LogP contribution in [0.5, 0.6) is 0 Å². The predicted molar refractivity (Wildman–Crippen MR) is 63.2 cm³/mol. The Morgan fingerprint density at radius 1 is 1.44 bits per heavy atom. The first-order valence-electron chi connectivity index (χ1n) is 6.04. The van der Waals surface area contributed by atoms with Crippen molar-refractivity contribution in [1.29, 1.82) is 0 Å². The molecule has 0 bridgehead atoms. The van der Waals surface area contributed by atoms with Crippen molar-refractivity contribution in [2.45, 2.75) is 52.4 Å². The Balaban J connectivity index is 2.66. The van der Waals surface area contributed by atoms with Gasteiger partial charge in [0, 0.05) is 24.9 Å². The molecule has 1 heterocycles. The highest BCUT2D eigenvalue weighted by Crippen LogP contribution is 2.20. The number of hydrogen-bond donors (Lipinski definition) is 1. The minimum atomic E-state index is -0.574. The van der Waals surface area contributed by atoms with E-state index in [2.05, 4.69) is 12.0 Å². The van der Waals surface area contributed by atoms with Crippen molar-refractivity contribution in [3.63, 3.8) is 0 Å². The Kier molecular flexibility index (Phi) is 5.49. The number of rotatable bonds is 7. The van der Waals surface area contributed by atoms with Gasteiger partial charge in [-0.1, -0.05) is 13.8 Å². The van der Waals surface area contributed by atoms with Crippen molar-refractivity contribution in [2.24, 2.45) is 0 Å². The molecule has 4 nitrogen and oxygen atoms in total. The second kappa shape index (κ2) is 6.66. The third kappa shape index (κ3) is 3.32. The second-order valence-corrected chi connectivity index (χ2v) is 3.88. The highest BCUT2D eigenvalue weighted by molar-refractivity contribution is 5.09. The fourth-order valence-electron chi connectivity index (χ4n) is 1.74. The van der Waals surface area contributed by atoms with Gasteiger partial charge >= 0.3 is 0 Å². The van der Waals surface area contributed by atoms with Gasteiger partial charge in [0.25, 0.3) is 0 Å². The van der Waals surface area contributed by atoms with Gasteiger partial charge in [0.2, 0.25) is 0 Å². The minimum Gasteiger partial charge on any atom is -0.386 e. The Morgan fingerprint density at radius 2 is 2.19 bits per heavy atom. The lowest BCUT2D eigenvalue weighted by Gasteiger charge is -2.20. The molecule has 0 saturated heterocycles. The maximum Gasteiger partial charge on any atom is 0.108 e. The van der Waals surface area contributed by atoms with Crippen molar-refractivity contribution < 1.29 is 9.84 Å². The molecule has 16 heavy (non-hydrogen) atoms. The zero-order valence-electron chi connectivity index (χ0n) is 10.4. The van der Waals surface area contributed by atoms with Crippen molar-refractivity contribution in [1.82, 2.24) is 9.78 Å². The van der Waals surface area contributed by atoms with E-state index in [1.165, 1.54) is 0 Å². The van der Waals surface area contributed by atoms with Crippen LogP contribution in [0.2, 0.25) is 0 Å². The van der Waals surface area contributed by atoms with E-state index in [0.29, 0.717) is 6.61 Å². The number of nitrogens with zero attached hydrogens (tertiary/aromatic N) is 2. The smallest absolute Gasteiger partial charge is 0.108 e. The Hall–Kier alpha value is -0.870. The van der Waals surface area contributed by atoms with Gasteiger partial charge in [-0.2, -0.15) is 5.10 Å². The van der Waals surface area contributed by atoms with E-state index in [9.17, 15) is 5.11 Å². The number of aryl methyl sites for hydroxylation is 1. The molecule has 1 aromatic rings. The molecule has 92 valence electrons. The second-order valence-electron chi connectivity index (χ2n) is 3.88. The quantitative estimate of drug-likeness (QED) is 0.775. The largest absolute Gasteiger partial charge is 0.386 e. The molecular weight excluding hydrogens is 204 g/mol. The summed E-state index contributed by atoms with van der Waals surface area (Å²) >= 11 is 0. The number of hydrogen-bond acceptors (Lipinski definition) is 3. The molecule has 1 rings (SSSR count). The van der Waals surface area contributed by atoms with Crippen molar-refractivity contribution in [2.75, 3.05) is 6.61 Å². The van der Waals surface area contributed by atoms with Crippen molar-refractivity contribution >= 4 is 0 Å². The van der Waals surface area contributed by atoms with Gasteiger partial charge in [-0.3, -0.25) is 4.68 Å². The minimum absolute atomic E-state index is 0.135. The third-order valence-corrected chi connectivity index (χ3v) is 2.58. The Morgan fingerprint density at radius 3 is 2.75 bits per heavy atom. The van der Waals surface area contributed by atoms with Crippen LogP contribution in [0.3, 0.4) is 0 Å². The molecule has 4 heteroatoms. The molecule has 0 radical (unpaired) electrons. The lowest BCUT2D eigenvalue weighted by atomic mass is 10.1. The van der Waals surface area contributed by atoms with Crippen LogP contribution in [-0.2, 0) is 11.3 Å². The van der Waals surface area contributed by atoms with Gasteiger partial charge in [-0.25, -0.2) is 0 Å². The SMILES string of the molecule is CCCn1cc(C(O)C(CC)OCC)cn1. The van der Waals surface area contributed by atoms with Gasteiger partial charge in [-0.05, 0) is 19.8 Å². The maximum atomic E-state index is 10.1. The summed E-state index contributed by atoms with van der Waals surface area (Å²) in [6, 6.07) is 0. The van der Waals surface area contributed by atoms with Gasteiger partial charge in [-0.15, -0.1) is 0 Å². The van der Waals surface area contributed by atoms with E-state index in [1.54, 1.807) is 6.20 Å². The molecule has 0 spiro atoms. The van der Waals surface area contributed by atoms with Crippen LogP contribution >= 0.6 is 0 Å². The fraction of sp³-hybridized carbons (Fsp3) is 0.750. The third-order valence-electron chi connectivity index (χ3n) is 2.58. The molecule has 0 aliphatic rings. The molecule has 0 aliphatic carbocycles. The van der Waals surface area contributed by atoms with Gasteiger partial charge in [0.05, 0.1) is 12.3 Å². The summed E-state index contributed by atoms with van der Waals surface area (Å²) in [4.78, 5) is 0. The summed E-state index contributed by atoms with van der Waals surface area (Å²) < 4.78 is 7.35. The van der Waals surface area contributed by atoms with E-state index in [1.807, 2.05) is 24.7 Å². The van der Waals surface area contributed by atoms with Crippen LogP contribution in [0, 0.1) is 0 Å². The lowest BCUT2D eigenvalue weighted by Crippen LogP contribution is -2.21. The van der Waals surface area contributed by atoms with Crippen molar-refractivity contribution in [3.8, 4) is 0 Å². The number of aliphatic hydroxyl groups excluding tert-OH is 1. The summed E-state index contributed by atoms with van der Waals surface area (Å²) in [6.07, 6.45) is 4.76. The topological polar surface area (TPSA) is 47.3 Å². The molecule has 1 aromatic heterocycles. The maximum absolute atomic E-state index is 10.1. The number of aliphatic hydroxyl groups is 1. The number of ether oxygens (including phenoxy) is 1. The fourth-order valence-corrected chi connectivity index (χ4v) is 1.74. The van der Waals surface area contributed by atoms with E-state index in [4.69, 9.17) is 4.74 Å². The van der Waals surface area contributed by atoms with E-state index in [-0.39, 0.29) is 6.10 Å². The van der Waals surface area contributed by atoms with Crippen LogP contribution < -0.4 is 0 Å². The van der Waals surface area contributed by atoms with Crippen LogP contribution in [-0.4, -0.2) is 27.6 Å². The molecule has 0 aromatic carbocycles. The van der Waals surface area contributed by atoms with Crippen molar-refractivity contribution in [3.05, 3.63) is 18.0 Å². The van der Waals surface area contributed by atoms with Crippen LogP contribution in [0.15, 0.2) is 12.4 Å². The molecule has 2 atom stereocenters. The Labute approximate surface area is 97.2 Å². The van der Waals surface area contributed by atoms with Gasteiger partial charge < -0.3 is 9.84 Å². The van der Waals surface area contributed by atoms with Gasteiger partial charge in [0.1, 0.15) is 6.10 Å². The van der Waals surface area contributed by atoms with Gasteiger partial charge in [0.15, 0.2) is 0 Å². The molecule has 0 aliphatic heterocycles. The first-order valence-corrected chi connectivity index (χ1v) is 6.04. The monoisotopic (exact) mass is 226 g/mol. The first kappa shape index (κ1) is 13.2. The predicted octanol–water partition coefficient (Wildman–Crippen LogP) is 2.14. The van der Waals surface area contributed by atoms with Crippen LogP contribution in [0.1, 0.15) is 45.3 Å². The van der Waals surface area contributed by atoms with Crippen LogP contribution in [0.25, 0.3) is 0 Å². The lowest BCUT2D eigenvalue weighted by molar-refractivity contribution is -0.0356. The Bertz CT molecular complexity index is 299. The first-order chi connectivity index (χ1) is 7.72. The average Bonchev–Trinajstić information content (AvgIpc) is 2.74. The molecule has 0 amide bonds. The molecule has 0 fully saturated rings. The normalized spacial score (nSPS) is 15.0. The molecule has 2 unspecified atom stereocenters. The zero-order chi connectivity index (χ0) is 12.0. The van der Waals surface area contributed by atoms with E-state index < -0.39 is 6.10 Å². The van der Waals surface area contributed by atoms with Crippen LogP contribution in [0.4, 0.5) is 0 Å². The number of aromatic nitrogens is 2. The summed E-state index contributed by atoms with van der Waals surface area (Å²) in [7, 11) is 0. The molecule has 1 N–H and O–H groups in total. The standard InChI is InChI=1S/C12H22N2O2/c1-4-7-14-9-10(8-13-14)12(15)11(5-2)16-6-3/h8-9,11-12,15H,4-7H2,1-3H3. The molecular formula is C12H22N2O2. The summed E-state index contributed by atoms with van der Waals surface area (Å²) in [5.41, 5.74) is 0.841. The van der Waals surface area contributed by atoms with E-state index >= 15 is 0 Å². The summed E-state index contributed by atoms with van der Waals surface area (Å²) in [6.45, 7) is 7.57.